The molecule has 4 bridgehead atoms. The van der Waals surface area contributed by atoms with Gasteiger partial charge in [0.2, 0.25) is 0 Å². The first-order valence-corrected chi connectivity index (χ1v) is 13.2. The van der Waals surface area contributed by atoms with E-state index in [-0.39, 0.29) is 0 Å². The highest BCUT2D eigenvalue weighted by Crippen LogP contribution is 2.60. The first-order valence-electron chi connectivity index (χ1n) is 13.2. The van der Waals surface area contributed by atoms with Crippen molar-refractivity contribution >= 4 is 28.8 Å². The van der Waals surface area contributed by atoms with Crippen LogP contribution in [0.2, 0.25) is 0 Å². The molecule has 4 saturated carbocycles. The van der Waals surface area contributed by atoms with Crippen molar-refractivity contribution in [1.82, 2.24) is 4.98 Å². The van der Waals surface area contributed by atoms with Crippen LogP contribution in [0.1, 0.15) is 54.4 Å². The van der Waals surface area contributed by atoms with Gasteiger partial charge in [-0.1, -0.05) is 18.2 Å². The first-order chi connectivity index (χ1) is 17.5. The molecule has 2 aromatic carbocycles. The summed E-state index contributed by atoms with van der Waals surface area (Å²) in [6, 6.07) is 21.2. The van der Waals surface area contributed by atoms with E-state index in [9.17, 15) is 4.79 Å². The third kappa shape index (κ3) is 3.95. The minimum Gasteiger partial charge on any atom is -0.465 e. The molecule has 1 aromatic heterocycles. The summed E-state index contributed by atoms with van der Waals surface area (Å²) in [5.41, 5.74) is 5.63. The van der Waals surface area contributed by atoms with E-state index in [1.807, 2.05) is 24.1 Å². The fraction of sp³-hybridized carbons (Fsp3) is 0.419. The second-order valence-electron chi connectivity index (χ2n) is 11.2. The average molecular weight is 482 g/mol. The number of pyridine rings is 1. The van der Waals surface area contributed by atoms with Crippen molar-refractivity contribution in [3.8, 4) is 0 Å². The van der Waals surface area contributed by atoms with Gasteiger partial charge in [0.15, 0.2) is 0 Å². The van der Waals surface area contributed by atoms with E-state index in [2.05, 4.69) is 53.3 Å². The minimum absolute atomic E-state index is 0.391. The van der Waals surface area contributed by atoms with E-state index in [0.29, 0.717) is 16.8 Å². The predicted octanol–water partition coefficient (Wildman–Crippen LogP) is 6.87. The SMILES string of the molecule is COC(=O)c1cccnc1N(C)c1cccc(N(C)c2ccc(C34CC5CC(CC(C5)C3)C4)cc2)c1. The van der Waals surface area contributed by atoms with Crippen molar-refractivity contribution in [2.24, 2.45) is 17.8 Å². The third-order valence-corrected chi connectivity index (χ3v) is 9.02. The maximum atomic E-state index is 12.3. The van der Waals surface area contributed by atoms with Crippen molar-refractivity contribution in [3.63, 3.8) is 0 Å². The molecule has 5 heteroatoms. The van der Waals surface area contributed by atoms with Gasteiger partial charge in [-0.05, 0) is 110 Å². The number of benzene rings is 2. The predicted molar refractivity (Wildman–Crippen MR) is 144 cm³/mol. The van der Waals surface area contributed by atoms with Crippen LogP contribution in [0.25, 0.3) is 0 Å². The van der Waals surface area contributed by atoms with Crippen LogP contribution in [0.4, 0.5) is 22.9 Å². The van der Waals surface area contributed by atoms with Crippen molar-refractivity contribution in [2.45, 2.75) is 43.9 Å². The average Bonchev–Trinajstić information content (AvgIpc) is 2.91. The van der Waals surface area contributed by atoms with Gasteiger partial charge in [-0.15, -0.1) is 0 Å². The normalized spacial score (nSPS) is 26.0. The van der Waals surface area contributed by atoms with Crippen molar-refractivity contribution in [1.29, 1.82) is 0 Å². The van der Waals surface area contributed by atoms with Gasteiger partial charge in [0.05, 0.1) is 7.11 Å². The molecule has 7 rings (SSSR count). The lowest BCUT2D eigenvalue weighted by Crippen LogP contribution is -2.48. The number of nitrogens with zero attached hydrogens (tertiary/aromatic N) is 3. The fourth-order valence-electron chi connectivity index (χ4n) is 7.62. The number of esters is 1. The number of ether oxygens (including phenoxy) is 1. The number of methoxy groups -OCH3 is 1. The molecule has 36 heavy (non-hydrogen) atoms. The lowest BCUT2D eigenvalue weighted by atomic mass is 9.48. The van der Waals surface area contributed by atoms with E-state index >= 15 is 0 Å². The van der Waals surface area contributed by atoms with E-state index in [0.717, 1.165) is 29.1 Å². The van der Waals surface area contributed by atoms with E-state index < -0.39 is 5.97 Å². The van der Waals surface area contributed by atoms with Crippen LogP contribution >= 0.6 is 0 Å². The summed E-state index contributed by atoms with van der Waals surface area (Å²) in [7, 11) is 5.43. The van der Waals surface area contributed by atoms with E-state index in [4.69, 9.17) is 4.74 Å². The van der Waals surface area contributed by atoms with Crippen LogP contribution in [0, 0.1) is 17.8 Å². The lowest BCUT2D eigenvalue weighted by Gasteiger charge is -2.57. The minimum atomic E-state index is -0.391. The zero-order valence-electron chi connectivity index (χ0n) is 21.5. The lowest BCUT2D eigenvalue weighted by molar-refractivity contribution is -0.00518. The molecule has 186 valence electrons. The summed E-state index contributed by atoms with van der Waals surface area (Å²) in [4.78, 5) is 20.9. The van der Waals surface area contributed by atoms with E-state index in [1.165, 1.54) is 51.3 Å². The van der Waals surface area contributed by atoms with Gasteiger partial charge in [0.25, 0.3) is 0 Å². The second-order valence-corrected chi connectivity index (χ2v) is 11.2. The summed E-state index contributed by atoms with van der Waals surface area (Å²) in [5.74, 6) is 3.05. The maximum Gasteiger partial charge on any atom is 0.341 e. The fourth-order valence-corrected chi connectivity index (χ4v) is 7.62. The molecule has 0 unspecified atom stereocenters. The molecule has 0 radical (unpaired) electrons. The monoisotopic (exact) mass is 481 g/mol. The summed E-state index contributed by atoms with van der Waals surface area (Å²) >= 11 is 0. The summed E-state index contributed by atoms with van der Waals surface area (Å²) < 4.78 is 4.96. The van der Waals surface area contributed by atoms with Gasteiger partial charge in [0, 0.05) is 37.4 Å². The highest BCUT2D eigenvalue weighted by Gasteiger charge is 2.51. The Morgan fingerprint density at radius 1 is 0.833 bits per heavy atom. The number of hydrogen-bond acceptors (Lipinski definition) is 5. The molecule has 0 N–H and O–H groups in total. The number of aromatic nitrogens is 1. The Morgan fingerprint density at radius 2 is 1.44 bits per heavy atom. The molecule has 4 fully saturated rings. The first kappa shape index (κ1) is 23.1. The molecule has 5 nitrogen and oxygen atoms in total. The highest BCUT2D eigenvalue weighted by molar-refractivity contribution is 5.95. The topological polar surface area (TPSA) is 45.7 Å². The van der Waals surface area contributed by atoms with Gasteiger partial charge in [-0.3, -0.25) is 0 Å². The number of hydrogen-bond donors (Lipinski definition) is 0. The van der Waals surface area contributed by atoms with Crippen molar-refractivity contribution in [2.75, 3.05) is 31.0 Å². The van der Waals surface area contributed by atoms with Gasteiger partial charge in [0.1, 0.15) is 11.4 Å². The Balaban J connectivity index is 1.24. The smallest absolute Gasteiger partial charge is 0.341 e. The Labute approximate surface area is 214 Å². The van der Waals surface area contributed by atoms with Crippen LogP contribution in [-0.4, -0.2) is 32.2 Å². The third-order valence-electron chi connectivity index (χ3n) is 9.02. The molecule has 0 saturated heterocycles. The maximum absolute atomic E-state index is 12.3. The van der Waals surface area contributed by atoms with Gasteiger partial charge in [-0.25, -0.2) is 9.78 Å². The van der Waals surface area contributed by atoms with E-state index in [1.54, 1.807) is 23.9 Å². The molecule has 3 aromatic rings. The largest absolute Gasteiger partial charge is 0.465 e. The summed E-state index contributed by atoms with van der Waals surface area (Å²) in [6.07, 6.45) is 10.3. The molecular weight excluding hydrogens is 446 g/mol. The van der Waals surface area contributed by atoms with Gasteiger partial charge >= 0.3 is 5.97 Å². The van der Waals surface area contributed by atoms with Crippen LogP contribution in [0.15, 0.2) is 66.9 Å². The highest BCUT2D eigenvalue weighted by atomic mass is 16.5. The number of carbonyl (C=O) groups excluding carboxylic acids is 1. The molecule has 0 atom stereocenters. The molecular formula is C31H35N3O2. The van der Waals surface area contributed by atoms with Crippen molar-refractivity contribution in [3.05, 3.63) is 78.0 Å². The number of carbonyl (C=O) groups is 1. The Kier molecular flexibility index (Phi) is 5.74. The number of anilines is 4. The Morgan fingerprint density at radius 3 is 2.06 bits per heavy atom. The molecule has 4 aliphatic carbocycles. The standard InChI is InChI=1S/C31H35N3O2/c1-33(25-11-9-24(10-12-25)31-18-21-14-22(19-31)16-23(15-21)20-31)26-6-4-7-27(17-26)34(2)29-28(30(35)36-3)8-5-13-32-29/h4-13,17,21-23H,14-16,18-20H2,1-3H3. The van der Waals surface area contributed by atoms with Gasteiger partial charge < -0.3 is 14.5 Å². The van der Waals surface area contributed by atoms with Crippen LogP contribution in [-0.2, 0) is 10.2 Å². The zero-order valence-corrected chi connectivity index (χ0v) is 21.5. The molecule has 0 aliphatic heterocycles. The van der Waals surface area contributed by atoms with Gasteiger partial charge in [-0.2, -0.15) is 0 Å². The second kappa shape index (κ2) is 8.95. The van der Waals surface area contributed by atoms with Crippen LogP contribution < -0.4 is 9.80 Å². The summed E-state index contributed by atoms with van der Waals surface area (Å²) in [5, 5.41) is 0. The molecule has 1 heterocycles. The number of rotatable bonds is 6. The Hall–Kier alpha value is -3.34. The molecule has 0 spiro atoms. The van der Waals surface area contributed by atoms with Crippen LogP contribution in [0.5, 0.6) is 0 Å². The summed E-state index contributed by atoms with van der Waals surface area (Å²) in [6.45, 7) is 0. The quantitative estimate of drug-likeness (QED) is 0.360. The zero-order chi connectivity index (χ0) is 24.9. The molecule has 4 aliphatic rings. The Bertz CT molecular complexity index is 1230. The van der Waals surface area contributed by atoms with Crippen LogP contribution in [0.3, 0.4) is 0 Å². The van der Waals surface area contributed by atoms with Crippen molar-refractivity contribution < 1.29 is 9.53 Å². The molecule has 0 amide bonds.